The predicted octanol–water partition coefficient (Wildman–Crippen LogP) is 3.78. The summed E-state index contributed by atoms with van der Waals surface area (Å²) in [5.74, 6) is 1.96. The van der Waals surface area contributed by atoms with Gasteiger partial charge in [-0.3, -0.25) is 0 Å². The molecule has 1 fully saturated rings. The molecule has 0 aromatic carbocycles. The summed E-state index contributed by atoms with van der Waals surface area (Å²) in [6, 6.07) is 1.86. The molecule has 0 saturated heterocycles. The van der Waals surface area contributed by atoms with Gasteiger partial charge in [0.05, 0.1) is 6.10 Å². The maximum Gasteiger partial charge on any atom is 0.226 e. The van der Waals surface area contributed by atoms with Crippen LogP contribution in [0.1, 0.15) is 45.2 Å². The Bertz CT molecular complexity index is 445. The van der Waals surface area contributed by atoms with Crippen LogP contribution in [0.15, 0.2) is 6.07 Å². The molecule has 2 rings (SSSR count). The van der Waals surface area contributed by atoms with E-state index in [0.717, 1.165) is 12.2 Å². The summed E-state index contributed by atoms with van der Waals surface area (Å²) < 4.78 is 5.64. The molecule has 0 radical (unpaired) electrons. The summed E-state index contributed by atoms with van der Waals surface area (Å²) in [6.07, 6.45) is 5.02. The molecule has 5 heteroatoms. The van der Waals surface area contributed by atoms with Gasteiger partial charge in [0, 0.05) is 29.6 Å². The first kappa shape index (κ1) is 15.4. The van der Waals surface area contributed by atoms with Crippen molar-refractivity contribution in [3.63, 3.8) is 0 Å². The van der Waals surface area contributed by atoms with Crippen molar-refractivity contribution in [2.45, 2.75) is 52.6 Å². The Labute approximate surface area is 126 Å². The Morgan fingerprint density at radius 2 is 2.05 bits per heavy atom. The molecule has 1 aliphatic carbocycles. The van der Waals surface area contributed by atoms with Crippen LogP contribution in [0.4, 0.5) is 5.95 Å². The van der Waals surface area contributed by atoms with Gasteiger partial charge in [0.15, 0.2) is 0 Å². The van der Waals surface area contributed by atoms with Crippen molar-refractivity contribution in [2.75, 3.05) is 17.7 Å². The third-order valence-electron chi connectivity index (χ3n) is 3.76. The number of aromatic nitrogens is 2. The number of hydrogen-bond acceptors (Lipinski definition) is 4. The topological polar surface area (TPSA) is 47.0 Å². The minimum atomic E-state index is 0.112. The number of alkyl halides is 1. The van der Waals surface area contributed by atoms with Crippen molar-refractivity contribution in [1.29, 1.82) is 0 Å². The van der Waals surface area contributed by atoms with E-state index in [4.69, 9.17) is 16.3 Å². The number of hydrogen-bond donors (Lipinski definition) is 1. The normalized spacial score (nSPS) is 17.4. The third kappa shape index (κ3) is 3.98. The van der Waals surface area contributed by atoms with Gasteiger partial charge in [-0.1, -0.05) is 12.8 Å². The van der Waals surface area contributed by atoms with Crippen molar-refractivity contribution in [2.24, 2.45) is 5.41 Å². The van der Waals surface area contributed by atoms with Crippen LogP contribution in [0.25, 0.3) is 0 Å². The zero-order valence-electron chi connectivity index (χ0n) is 12.6. The molecule has 1 heterocycles. The SMILES string of the molecule is Cc1cc(OC(C)C)nc(NCC2(CCl)CCCC2)n1. The van der Waals surface area contributed by atoms with E-state index >= 15 is 0 Å². The Morgan fingerprint density at radius 1 is 1.35 bits per heavy atom. The van der Waals surface area contributed by atoms with E-state index in [2.05, 4.69) is 15.3 Å². The highest BCUT2D eigenvalue weighted by atomic mass is 35.5. The van der Waals surface area contributed by atoms with Crippen LogP contribution in [-0.4, -0.2) is 28.5 Å². The van der Waals surface area contributed by atoms with Crippen LogP contribution in [-0.2, 0) is 0 Å². The molecule has 1 aromatic heterocycles. The monoisotopic (exact) mass is 297 g/mol. The molecule has 4 nitrogen and oxygen atoms in total. The molecule has 0 atom stereocenters. The van der Waals surface area contributed by atoms with Crippen LogP contribution in [0.5, 0.6) is 5.88 Å². The number of halogens is 1. The highest BCUT2D eigenvalue weighted by molar-refractivity contribution is 6.18. The van der Waals surface area contributed by atoms with E-state index < -0.39 is 0 Å². The van der Waals surface area contributed by atoms with E-state index in [1.165, 1.54) is 25.7 Å². The van der Waals surface area contributed by atoms with Gasteiger partial charge in [-0.2, -0.15) is 4.98 Å². The van der Waals surface area contributed by atoms with Gasteiger partial charge in [-0.15, -0.1) is 11.6 Å². The third-order valence-corrected chi connectivity index (χ3v) is 4.32. The van der Waals surface area contributed by atoms with Gasteiger partial charge in [0.25, 0.3) is 0 Å². The minimum Gasteiger partial charge on any atom is -0.475 e. The Balaban J connectivity index is 2.03. The van der Waals surface area contributed by atoms with E-state index in [0.29, 0.717) is 17.7 Å². The standard InChI is InChI=1S/C15H24ClN3O/c1-11(2)20-13-8-12(3)18-14(19-13)17-10-15(9-16)6-4-5-7-15/h8,11H,4-7,9-10H2,1-3H3,(H,17,18,19). The van der Waals surface area contributed by atoms with Crippen molar-refractivity contribution in [3.8, 4) is 5.88 Å². The van der Waals surface area contributed by atoms with E-state index in [1.807, 2.05) is 26.8 Å². The number of nitrogens with one attached hydrogen (secondary N) is 1. The number of ether oxygens (including phenoxy) is 1. The van der Waals surface area contributed by atoms with Crippen molar-refractivity contribution >= 4 is 17.5 Å². The van der Waals surface area contributed by atoms with Crippen molar-refractivity contribution < 1.29 is 4.74 Å². The molecular formula is C15H24ClN3O. The van der Waals surface area contributed by atoms with E-state index in [9.17, 15) is 0 Å². The second-order valence-electron chi connectivity index (χ2n) is 6.03. The summed E-state index contributed by atoms with van der Waals surface area (Å²) in [5, 5.41) is 3.35. The van der Waals surface area contributed by atoms with Crippen LogP contribution in [0, 0.1) is 12.3 Å². The molecular weight excluding hydrogens is 274 g/mol. The molecule has 0 spiro atoms. The Morgan fingerprint density at radius 3 is 2.65 bits per heavy atom. The van der Waals surface area contributed by atoms with Crippen molar-refractivity contribution in [3.05, 3.63) is 11.8 Å². The van der Waals surface area contributed by atoms with Gasteiger partial charge >= 0.3 is 0 Å². The molecule has 1 saturated carbocycles. The largest absolute Gasteiger partial charge is 0.475 e. The van der Waals surface area contributed by atoms with Gasteiger partial charge in [0.2, 0.25) is 11.8 Å². The second kappa shape index (κ2) is 6.61. The van der Waals surface area contributed by atoms with E-state index in [1.54, 1.807) is 0 Å². The van der Waals surface area contributed by atoms with Crippen LogP contribution in [0.3, 0.4) is 0 Å². The van der Waals surface area contributed by atoms with Crippen LogP contribution >= 0.6 is 11.6 Å². The number of nitrogens with zero attached hydrogens (tertiary/aromatic N) is 2. The zero-order valence-corrected chi connectivity index (χ0v) is 13.3. The summed E-state index contributed by atoms with van der Waals surface area (Å²) in [5.41, 5.74) is 1.11. The number of rotatable bonds is 6. The van der Waals surface area contributed by atoms with Gasteiger partial charge in [0.1, 0.15) is 0 Å². The molecule has 1 N–H and O–H groups in total. The zero-order chi connectivity index (χ0) is 14.6. The molecule has 0 unspecified atom stereocenters. The number of anilines is 1. The molecule has 0 bridgehead atoms. The fourth-order valence-electron chi connectivity index (χ4n) is 2.67. The first-order chi connectivity index (χ1) is 9.53. The highest BCUT2D eigenvalue weighted by Crippen LogP contribution is 2.39. The van der Waals surface area contributed by atoms with Gasteiger partial charge in [-0.05, 0) is 33.6 Å². The lowest BCUT2D eigenvalue weighted by molar-refractivity contribution is 0.232. The van der Waals surface area contributed by atoms with Crippen molar-refractivity contribution in [1.82, 2.24) is 9.97 Å². The van der Waals surface area contributed by atoms with Gasteiger partial charge in [-0.25, -0.2) is 4.98 Å². The molecule has 0 amide bonds. The summed E-state index contributed by atoms with van der Waals surface area (Å²) in [7, 11) is 0. The van der Waals surface area contributed by atoms with Gasteiger partial charge < -0.3 is 10.1 Å². The average molecular weight is 298 g/mol. The molecule has 0 aliphatic heterocycles. The predicted molar refractivity (Wildman–Crippen MR) is 82.6 cm³/mol. The quantitative estimate of drug-likeness (QED) is 0.812. The number of aryl methyl sites for hydroxylation is 1. The lowest BCUT2D eigenvalue weighted by atomic mass is 9.89. The lowest BCUT2D eigenvalue weighted by Gasteiger charge is -2.26. The molecule has 20 heavy (non-hydrogen) atoms. The highest BCUT2D eigenvalue weighted by Gasteiger charge is 2.32. The van der Waals surface area contributed by atoms with E-state index in [-0.39, 0.29) is 11.5 Å². The molecule has 1 aromatic rings. The van der Waals surface area contributed by atoms with Crippen LogP contribution < -0.4 is 10.1 Å². The second-order valence-corrected chi connectivity index (χ2v) is 6.30. The fourth-order valence-corrected chi connectivity index (χ4v) is 3.03. The Hall–Kier alpha value is -1.03. The fraction of sp³-hybridized carbons (Fsp3) is 0.733. The Kier molecular flexibility index (Phi) is 5.08. The molecule has 1 aliphatic rings. The maximum atomic E-state index is 6.16. The summed E-state index contributed by atoms with van der Waals surface area (Å²) in [4.78, 5) is 8.83. The minimum absolute atomic E-state index is 0.112. The average Bonchev–Trinajstić information content (AvgIpc) is 2.84. The summed E-state index contributed by atoms with van der Waals surface area (Å²) >= 11 is 6.16. The maximum absolute atomic E-state index is 6.16. The molecule has 112 valence electrons. The lowest BCUT2D eigenvalue weighted by Crippen LogP contribution is -2.29. The summed E-state index contributed by atoms with van der Waals surface area (Å²) in [6.45, 7) is 6.77. The first-order valence-electron chi connectivity index (χ1n) is 7.35. The first-order valence-corrected chi connectivity index (χ1v) is 7.89. The smallest absolute Gasteiger partial charge is 0.226 e. The van der Waals surface area contributed by atoms with Crippen LogP contribution in [0.2, 0.25) is 0 Å².